The number of nitrogens with zero attached hydrogens (tertiary/aromatic N) is 1. The molecule has 0 aromatic heterocycles. The van der Waals surface area contributed by atoms with Crippen LogP contribution in [-0.4, -0.2) is 41.1 Å². The highest BCUT2D eigenvalue weighted by Crippen LogP contribution is 2.36. The quantitative estimate of drug-likeness (QED) is 0.731. The third-order valence-corrected chi connectivity index (χ3v) is 3.47. The Morgan fingerprint density at radius 2 is 2.06 bits per heavy atom. The molecule has 2 N–H and O–H groups in total. The largest absolute Gasteiger partial charge is 0.481 e. The van der Waals surface area contributed by atoms with Gasteiger partial charge in [0.25, 0.3) is 0 Å². The van der Waals surface area contributed by atoms with Gasteiger partial charge < -0.3 is 15.3 Å². The average Bonchev–Trinajstić information content (AvgIpc) is 2.96. The molecule has 1 aliphatic rings. The van der Waals surface area contributed by atoms with Crippen molar-refractivity contribution >= 4 is 12.0 Å². The molecule has 1 fully saturated rings. The van der Waals surface area contributed by atoms with E-state index in [1.807, 2.05) is 13.8 Å². The smallest absolute Gasteiger partial charge is 0.317 e. The highest BCUT2D eigenvalue weighted by Gasteiger charge is 2.32. The number of nitrogens with one attached hydrogen (secondary N) is 1. The van der Waals surface area contributed by atoms with E-state index in [1.165, 1.54) is 6.42 Å². The lowest BCUT2D eigenvalue weighted by molar-refractivity contribution is -0.137. The van der Waals surface area contributed by atoms with Gasteiger partial charge in [-0.3, -0.25) is 4.79 Å². The van der Waals surface area contributed by atoms with E-state index < -0.39 is 5.97 Å². The fourth-order valence-corrected chi connectivity index (χ4v) is 2.00. The number of carboxylic acids is 1. The molecule has 2 unspecified atom stereocenters. The first-order valence-electron chi connectivity index (χ1n) is 6.68. The van der Waals surface area contributed by atoms with Crippen LogP contribution in [0.4, 0.5) is 4.79 Å². The van der Waals surface area contributed by atoms with Gasteiger partial charge in [-0.1, -0.05) is 6.92 Å². The highest BCUT2D eigenvalue weighted by molar-refractivity contribution is 5.74. The molecule has 0 saturated heterocycles. The van der Waals surface area contributed by atoms with Crippen molar-refractivity contribution in [2.45, 2.75) is 46.1 Å². The molecule has 18 heavy (non-hydrogen) atoms. The molecule has 2 amide bonds. The molecule has 1 saturated carbocycles. The maximum Gasteiger partial charge on any atom is 0.317 e. The Labute approximate surface area is 109 Å². The van der Waals surface area contributed by atoms with Crippen molar-refractivity contribution in [3.63, 3.8) is 0 Å². The van der Waals surface area contributed by atoms with E-state index in [0.717, 1.165) is 12.5 Å². The van der Waals surface area contributed by atoms with Gasteiger partial charge >= 0.3 is 12.0 Å². The van der Waals surface area contributed by atoms with Crippen molar-refractivity contribution in [2.75, 3.05) is 13.1 Å². The summed E-state index contributed by atoms with van der Waals surface area (Å²) in [6.45, 7) is 7.31. The van der Waals surface area contributed by atoms with Crippen LogP contribution in [0.5, 0.6) is 0 Å². The van der Waals surface area contributed by atoms with E-state index in [2.05, 4.69) is 12.2 Å². The molecule has 0 aromatic carbocycles. The number of urea groups is 1. The Morgan fingerprint density at radius 1 is 1.44 bits per heavy atom. The Morgan fingerprint density at radius 3 is 2.50 bits per heavy atom. The lowest BCUT2D eigenvalue weighted by atomic mass is 10.2. The molecular weight excluding hydrogens is 232 g/mol. The maximum absolute atomic E-state index is 12.0. The zero-order chi connectivity index (χ0) is 13.7. The predicted molar refractivity (Wildman–Crippen MR) is 69.4 cm³/mol. The van der Waals surface area contributed by atoms with Crippen LogP contribution < -0.4 is 5.32 Å². The molecule has 1 rings (SSSR count). The van der Waals surface area contributed by atoms with Crippen LogP contribution in [0.3, 0.4) is 0 Å². The van der Waals surface area contributed by atoms with Crippen molar-refractivity contribution in [1.82, 2.24) is 10.2 Å². The first-order valence-corrected chi connectivity index (χ1v) is 6.68. The van der Waals surface area contributed by atoms with E-state index in [4.69, 9.17) is 5.11 Å². The van der Waals surface area contributed by atoms with Crippen molar-refractivity contribution in [3.05, 3.63) is 0 Å². The Bertz CT molecular complexity index is 305. The van der Waals surface area contributed by atoms with E-state index in [1.54, 1.807) is 4.90 Å². The monoisotopic (exact) mass is 256 g/mol. The van der Waals surface area contributed by atoms with Crippen LogP contribution in [-0.2, 0) is 4.79 Å². The van der Waals surface area contributed by atoms with Gasteiger partial charge in [0, 0.05) is 25.6 Å². The van der Waals surface area contributed by atoms with Gasteiger partial charge in [-0.05, 0) is 38.5 Å². The first kappa shape index (κ1) is 14.8. The van der Waals surface area contributed by atoms with E-state index in [9.17, 15) is 9.59 Å². The molecule has 0 radical (unpaired) electrons. The molecular formula is C13H24N2O3. The zero-order valence-corrected chi connectivity index (χ0v) is 11.5. The van der Waals surface area contributed by atoms with Crippen LogP contribution in [0.2, 0.25) is 0 Å². The second kappa shape index (κ2) is 6.61. The fraction of sp³-hybridized carbons (Fsp3) is 0.846. The van der Waals surface area contributed by atoms with Crippen LogP contribution in [0, 0.1) is 11.8 Å². The van der Waals surface area contributed by atoms with Crippen LogP contribution in [0.1, 0.15) is 40.0 Å². The number of carbonyl (C=O) groups is 2. The number of amides is 2. The number of carbonyl (C=O) groups excluding carboxylic acids is 1. The van der Waals surface area contributed by atoms with Crippen molar-refractivity contribution < 1.29 is 14.7 Å². The summed E-state index contributed by atoms with van der Waals surface area (Å²) in [6, 6.07) is 0.0184. The predicted octanol–water partition coefficient (Wildman–Crippen LogP) is 1.93. The van der Waals surface area contributed by atoms with Crippen molar-refractivity contribution in [1.29, 1.82) is 0 Å². The van der Waals surface area contributed by atoms with Crippen LogP contribution >= 0.6 is 0 Å². The third-order valence-electron chi connectivity index (χ3n) is 3.47. The lowest BCUT2D eigenvalue weighted by Gasteiger charge is -2.26. The molecule has 0 aliphatic heterocycles. The zero-order valence-electron chi connectivity index (χ0n) is 11.5. The van der Waals surface area contributed by atoms with Gasteiger partial charge in [-0.25, -0.2) is 4.79 Å². The lowest BCUT2D eigenvalue weighted by Crippen LogP contribution is -2.45. The number of carboxylic acid groups (broad SMARTS) is 1. The molecule has 5 heteroatoms. The molecule has 0 aromatic rings. The molecule has 0 heterocycles. The standard InChI is InChI=1S/C13H24N2O3/c1-9(2)15(6-4-5-12(16)17)13(18)14-8-11-7-10(11)3/h9-11H,4-8H2,1-3H3,(H,14,18)(H,16,17). The summed E-state index contributed by atoms with van der Waals surface area (Å²) < 4.78 is 0. The van der Waals surface area contributed by atoms with Gasteiger partial charge in [0.15, 0.2) is 0 Å². The highest BCUT2D eigenvalue weighted by atomic mass is 16.4. The summed E-state index contributed by atoms with van der Waals surface area (Å²) in [5, 5.41) is 11.5. The molecule has 104 valence electrons. The van der Waals surface area contributed by atoms with E-state index >= 15 is 0 Å². The molecule has 5 nitrogen and oxygen atoms in total. The first-order chi connectivity index (χ1) is 8.41. The van der Waals surface area contributed by atoms with Gasteiger partial charge in [0.05, 0.1) is 0 Å². The maximum atomic E-state index is 12.0. The summed E-state index contributed by atoms with van der Waals surface area (Å²) in [7, 11) is 0. The van der Waals surface area contributed by atoms with Crippen LogP contribution in [0.15, 0.2) is 0 Å². The minimum absolute atomic E-state index is 0.0745. The molecule has 0 bridgehead atoms. The minimum atomic E-state index is -0.814. The Balaban J connectivity index is 2.30. The second-order valence-electron chi connectivity index (χ2n) is 5.44. The minimum Gasteiger partial charge on any atom is -0.481 e. The summed E-state index contributed by atoms with van der Waals surface area (Å²) >= 11 is 0. The van der Waals surface area contributed by atoms with Gasteiger partial charge in [0.2, 0.25) is 0 Å². The van der Waals surface area contributed by atoms with Gasteiger partial charge in [-0.2, -0.15) is 0 Å². The molecule has 2 atom stereocenters. The van der Waals surface area contributed by atoms with E-state index in [0.29, 0.717) is 18.9 Å². The molecule has 0 spiro atoms. The summed E-state index contributed by atoms with van der Waals surface area (Å²) in [4.78, 5) is 24.1. The van der Waals surface area contributed by atoms with Gasteiger partial charge in [0.1, 0.15) is 0 Å². The number of rotatable bonds is 7. The fourth-order valence-electron chi connectivity index (χ4n) is 2.00. The summed E-state index contributed by atoms with van der Waals surface area (Å²) in [5.74, 6) is 0.540. The SMILES string of the molecule is CC1CC1CNC(=O)N(CCCC(=O)O)C(C)C. The number of hydrogen-bond donors (Lipinski definition) is 2. The topological polar surface area (TPSA) is 69.6 Å². The summed E-state index contributed by atoms with van der Waals surface area (Å²) in [6.07, 6.45) is 1.80. The number of hydrogen-bond acceptors (Lipinski definition) is 2. The average molecular weight is 256 g/mol. The van der Waals surface area contributed by atoms with E-state index in [-0.39, 0.29) is 18.5 Å². The van der Waals surface area contributed by atoms with Crippen LogP contribution in [0.25, 0.3) is 0 Å². The Hall–Kier alpha value is -1.26. The third kappa shape index (κ3) is 4.94. The Kier molecular flexibility index (Phi) is 5.44. The second-order valence-corrected chi connectivity index (χ2v) is 5.44. The van der Waals surface area contributed by atoms with Gasteiger partial charge in [-0.15, -0.1) is 0 Å². The van der Waals surface area contributed by atoms with Crippen molar-refractivity contribution in [3.8, 4) is 0 Å². The number of aliphatic carboxylic acids is 1. The van der Waals surface area contributed by atoms with Crippen molar-refractivity contribution in [2.24, 2.45) is 11.8 Å². The summed E-state index contributed by atoms with van der Waals surface area (Å²) in [5.41, 5.74) is 0. The normalized spacial score (nSPS) is 21.8. The molecule has 1 aliphatic carbocycles.